The number of nitrogens with zero attached hydrogens (tertiary/aromatic N) is 5. The van der Waals surface area contributed by atoms with E-state index in [1.165, 1.54) is 28.6 Å². The van der Waals surface area contributed by atoms with Gasteiger partial charge in [0.2, 0.25) is 16.0 Å². The highest BCUT2D eigenvalue weighted by Crippen LogP contribution is 2.36. The van der Waals surface area contributed by atoms with Gasteiger partial charge in [0.15, 0.2) is 0 Å². The number of nitrogens with one attached hydrogen (secondary N) is 1. The summed E-state index contributed by atoms with van der Waals surface area (Å²) < 4.78 is 134. The molecule has 1 aliphatic heterocycles. The fourth-order valence-corrected chi connectivity index (χ4v) is 6.07. The Kier molecular flexibility index (Phi) is 8.87. The molecule has 19 heteroatoms. The third-order valence-corrected chi connectivity index (χ3v) is 8.55. The van der Waals surface area contributed by atoms with Crippen molar-refractivity contribution in [1.29, 1.82) is 0 Å². The van der Waals surface area contributed by atoms with Gasteiger partial charge >= 0.3 is 12.4 Å². The molecule has 0 unspecified atom stereocenters. The van der Waals surface area contributed by atoms with Crippen LogP contribution in [-0.4, -0.2) is 72.5 Å². The zero-order chi connectivity index (χ0) is 30.9. The highest BCUT2D eigenvalue weighted by molar-refractivity contribution is 7.89. The molecule has 0 atom stereocenters. The topological polar surface area (TPSA) is 136 Å². The summed E-state index contributed by atoms with van der Waals surface area (Å²) in [7, 11) is -7.69. The van der Waals surface area contributed by atoms with E-state index in [1.807, 2.05) is 0 Å². The summed E-state index contributed by atoms with van der Waals surface area (Å²) in [6.45, 7) is -1.75. The molecule has 0 spiro atoms. The van der Waals surface area contributed by atoms with Crippen LogP contribution in [0, 0.1) is 0 Å². The third kappa shape index (κ3) is 8.17. The number of sulfonamides is 1. The van der Waals surface area contributed by atoms with Gasteiger partial charge in [-0.1, -0.05) is 12.1 Å². The first kappa shape index (κ1) is 31.6. The average Bonchev–Trinajstić information content (AvgIpc) is 3.34. The molecule has 1 aliphatic rings. The fourth-order valence-electron chi connectivity index (χ4n) is 4.18. The van der Waals surface area contributed by atoms with E-state index in [0.717, 1.165) is 18.6 Å². The largest absolute Gasteiger partial charge is 0.419 e. The lowest BCUT2D eigenvalue weighted by molar-refractivity contribution is -0.142. The first-order valence-corrected chi connectivity index (χ1v) is 15.4. The van der Waals surface area contributed by atoms with Gasteiger partial charge < -0.3 is 5.32 Å². The van der Waals surface area contributed by atoms with Crippen molar-refractivity contribution >= 4 is 26.1 Å². The maximum Gasteiger partial charge on any atom is 0.419 e. The summed E-state index contributed by atoms with van der Waals surface area (Å²) in [5.41, 5.74) is -1.88. The maximum atomic E-state index is 13.6. The number of benzene rings is 1. The van der Waals surface area contributed by atoms with E-state index in [4.69, 9.17) is 4.18 Å². The van der Waals surface area contributed by atoms with Crippen molar-refractivity contribution in [1.82, 2.24) is 24.1 Å². The van der Waals surface area contributed by atoms with Crippen LogP contribution in [0.15, 0.2) is 47.8 Å². The molecule has 11 nitrogen and oxygen atoms in total. The summed E-state index contributed by atoms with van der Waals surface area (Å²) in [6.07, 6.45) is -6.02. The van der Waals surface area contributed by atoms with E-state index in [1.54, 1.807) is 0 Å². The smallest absolute Gasteiger partial charge is 0.351 e. The highest BCUT2D eigenvalue weighted by atomic mass is 32.2. The number of alkyl halides is 6. The molecular formula is C23H24F6N6O5S2. The van der Waals surface area contributed by atoms with Crippen molar-refractivity contribution in [3.05, 3.63) is 54.0 Å². The van der Waals surface area contributed by atoms with E-state index in [2.05, 4.69) is 20.4 Å². The lowest BCUT2D eigenvalue weighted by Gasteiger charge is -2.31. The van der Waals surface area contributed by atoms with Crippen LogP contribution in [0.4, 0.5) is 32.3 Å². The van der Waals surface area contributed by atoms with E-state index >= 15 is 0 Å². The molecule has 230 valence electrons. The Morgan fingerprint density at radius 1 is 1.05 bits per heavy atom. The highest BCUT2D eigenvalue weighted by Gasteiger charge is 2.37. The quantitative estimate of drug-likeness (QED) is 0.274. The van der Waals surface area contributed by atoms with Crippen LogP contribution < -0.4 is 5.32 Å². The van der Waals surface area contributed by atoms with E-state index < -0.39 is 56.3 Å². The zero-order valence-electron chi connectivity index (χ0n) is 21.7. The van der Waals surface area contributed by atoms with Crippen molar-refractivity contribution in [2.75, 3.05) is 24.7 Å². The van der Waals surface area contributed by atoms with Crippen molar-refractivity contribution in [2.45, 2.75) is 49.3 Å². The van der Waals surface area contributed by atoms with Gasteiger partial charge in [0.1, 0.15) is 12.1 Å². The summed E-state index contributed by atoms with van der Waals surface area (Å²) in [6, 6.07) is 5.20. The van der Waals surface area contributed by atoms with Crippen LogP contribution in [0.3, 0.4) is 0 Å². The van der Waals surface area contributed by atoms with Gasteiger partial charge in [0, 0.05) is 37.1 Å². The molecule has 4 rings (SSSR count). The number of anilines is 1. The minimum absolute atomic E-state index is 0.0434. The first-order valence-electron chi connectivity index (χ1n) is 12.1. The number of aromatic nitrogens is 4. The van der Waals surface area contributed by atoms with Crippen molar-refractivity contribution in [3.63, 3.8) is 0 Å². The monoisotopic (exact) mass is 642 g/mol. The molecule has 3 aromatic rings. The molecule has 2 aromatic heterocycles. The number of rotatable bonds is 9. The second-order valence-electron chi connectivity index (χ2n) is 9.43. The molecule has 1 saturated heterocycles. The Balaban J connectivity index is 1.46. The summed E-state index contributed by atoms with van der Waals surface area (Å²) in [5.74, 6) is -0.221. The van der Waals surface area contributed by atoms with Crippen molar-refractivity contribution < 1.29 is 47.4 Å². The Morgan fingerprint density at radius 3 is 2.36 bits per heavy atom. The second kappa shape index (κ2) is 11.8. The molecule has 3 heterocycles. The fraction of sp³-hybridized carbons (Fsp3) is 0.435. The van der Waals surface area contributed by atoms with Crippen LogP contribution in [0.25, 0.3) is 11.3 Å². The lowest BCUT2D eigenvalue weighted by atomic mass is 10.1. The Bertz CT molecular complexity index is 1640. The van der Waals surface area contributed by atoms with Crippen LogP contribution in [0.1, 0.15) is 24.0 Å². The van der Waals surface area contributed by atoms with Gasteiger partial charge in [0.25, 0.3) is 10.1 Å². The third-order valence-electron chi connectivity index (χ3n) is 6.11. The molecule has 1 fully saturated rings. The minimum Gasteiger partial charge on any atom is -0.351 e. The summed E-state index contributed by atoms with van der Waals surface area (Å²) in [5, 5.41) is 6.36. The van der Waals surface area contributed by atoms with E-state index in [9.17, 15) is 43.2 Å². The van der Waals surface area contributed by atoms with Crippen LogP contribution in [0.5, 0.6) is 0 Å². The molecule has 1 aromatic carbocycles. The molecular weight excluding hydrogens is 618 g/mol. The molecule has 42 heavy (non-hydrogen) atoms. The van der Waals surface area contributed by atoms with Gasteiger partial charge in [-0.15, -0.1) is 0 Å². The van der Waals surface area contributed by atoms with Gasteiger partial charge in [-0.2, -0.15) is 44.2 Å². The SMILES string of the molecule is CS(=O)(=O)OCc1cccc(S(=O)(=O)N2CCC(Nc3ncc(C(F)(F)F)c(-c4cnn(CC(F)(F)F)c4)n3)CC2)c1. The number of hydrogen-bond acceptors (Lipinski definition) is 9. The Labute approximate surface area is 236 Å². The van der Waals surface area contributed by atoms with Gasteiger partial charge in [-0.05, 0) is 30.5 Å². The number of hydrogen-bond donors (Lipinski definition) is 1. The van der Waals surface area contributed by atoms with Gasteiger partial charge in [-0.25, -0.2) is 18.4 Å². The molecule has 0 saturated carbocycles. The van der Waals surface area contributed by atoms with E-state index in [0.29, 0.717) is 16.4 Å². The minimum atomic E-state index is -4.89. The van der Waals surface area contributed by atoms with Gasteiger partial charge in [-0.3, -0.25) is 8.86 Å². The molecule has 0 radical (unpaired) electrons. The van der Waals surface area contributed by atoms with Crippen LogP contribution in [0.2, 0.25) is 0 Å². The Morgan fingerprint density at radius 2 is 1.74 bits per heavy atom. The molecule has 0 amide bonds. The average molecular weight is 643 g/mol. The van der Waals surface area contributed by atoms with Crippen molar-refractivity contribution in [3.8, 4) is 11.3 Å². The van der Waals surface area contributed by atoms with Crippen molar-refractivity contribution in [2.24, 2.45) is 0 Å². The van der Waals surface area contributed by atoms with E-state index in [-0.39, 0.29) is 48.9 Å². The first-order chi connectivity index (χ1) is 19.4. The maximum absolute atomic E-state index is 13.6. The standard InChI is InChI=1S/C23H24F6N6O5S2/c1-41(36,37)40-13-15-3-2-4-18(9-15)42(38,39)35-7-5-17(6-8-35)32-21-30-11-19(23(27,28)29)20(33-21)16-10-31-34(12-16)14-22(24,25)26/h2-4,9-12,17H,5-8,13-14H2,1H3,(H,30,32,33). The lowest BCUT2D eigenvalue weighted by Crippen LogP contribution is -2.42. The summed E-state index contributed by atoms with van der Waals surface area (Å²) in [4.78, 5) is 7.56. The second-order valence-corrected chi connectivity index (χ2v) is 13.0. The predicted octanol–water partition coefficient (Wildman–Crippen LogP) is 3.66. The zero-order valence-corrected chi connectivity index (χ0v) is 23.4. The normalized spacial score (nSPS) is 16.1. The van der Waals surface area contributed by atoms with Gasteiger partial charge in [0.05, 0.1) is 29.6 Å². The predicted molar refractivity (Wildman–Crippen MR) is 136 cm³/mol. The Hall–Kier alpha value is -3.29. The van der Waals surface area contributed by atoms with Crippen LogP contribution >= 0.6 is 0 Å². The molecule has 0 aliphatic carbocycles. The molecule has 1 N–H and O–H groups in total. The van der Waals surface area contributed by atoms with Crippen LogP contribution in [-0.2, 0) is 43.7 Å². The summed E-state index contributed by atoms with van der Waals surface area (Å²) >= 11 is 0. The number of halogens is 6. The number of piperidine rings is 1. The molecule has 0 bridgehead atoms.